The fraction of sp³-hybridized carbons (Fsp3) is 0.515. The minimum Gasteiger partial charge on any atom is -0.355 e. The number of amides is 2. The first-order valence-electron chi connectivity index (χ1n) is 14.5. The van der Waals surface area contributed by atoms with Crippen molar-refractivity contribution in [1.82, 2.24) is 19.7 Å². The standard InChI is InChI=1S/C33H49N5O2/c1-23(2)21-37(22-24(3)4)32(40)33(5,6)27-14-11-26-19-30(38(29(26)20-27)18-10-17-36(8)9)35-28-15-12-25(13-16-28)31(39)34-7/h11-16,19-20,23-24,35H,10,17-18,21-22H2,1-9H3,(H,34,39). The lowest BCUT2D eigenvalue weighted by molar-refractivity contribution is -0.137. The van der Waals surface area contributed by atoms with Crippen molar-refractivity contribution < 1.29 is 9.59 Å². The Morgan fingerprint density at radius 3 is 2.10 bits per heavy atom. The van der Waals surface area contributed by atoms with Gasteiger partial charge in [0, 0.05) is 48.8 Å². The van der Waals surface area contributed by atoms with E-state index in [4.69, 9.17) is 0 Å². The maximum atomic E-state index is 13.9. The number of carbonyl (C=O) groups excluding carboxylic acids is 2. The summed E-state index contributed by atoms with van der Waals surface area (Å²) in [5.74, 6) is 1.89. The van der Waals surface area contributed by atoms with Crippen molar-refractivity contribution in [2.24, 2.45) is 11.8 Å². The highest BCUT2D eigenvalue weighted by Gasteiger charge is 2.34. The summed E-state index contributed by atoms with van der Waals surface area (Å²) in [5.41, 5.74) is 3.02. The largest absolute Gasteiger partial charge is 0.355 e. The molecule has 7 nitrogen and oxygen atoms in total. The average Bonchev–Trinajstić information content (AvgIpc) is 3.23. The van der Waals surface area contributed by atoms with E-state index in [0.717, 1.165) is 60.6 Å². The number of fused-ring (bicyclic) bond motifs is 1. The van der Waals surface area contributed by atoms with E-state index in [9.17, 15) is 9.59 Å². The molecular formula is C33H49N5O2. The van der Waals surface area contributed by atoms with Crippen LogP contribution in [0, 0.1) is 11.8 Å². The molecule has 0 radical (unpaired) electrons. The van der Waals surface area contributed by atoms with Gasteiger partial charge in [-0.25, -0.2) is 0 Å². The zero-order valence-corrected chi connectivity index (χ0v) is 26.0. The number of nitrogens with one attached hydrogen (secondary N) is 2. The molecule has 0 aliphatic heterocycles. The third-order valence-electron chi connectivity index (χ3n) is 7.25. The van der Waals surface area contributed by atoms with Gasteiger partial charge in [-0.3, -0.25) is 9.59 Å². The molecule has 3 rings (SSSR count). The Balaban J connectivity index is 2.00. The molecule has 40 heavy (non-hydrogen) atoms. The summed E-state index contributed by atoms with van der Waals surface area (Å²) in [6.45, 7) is 16.1. The number of anilines is 2. The molecule has 2 amide bonds. The van der Waals surface area contributed by atoms with Crippen molar-refractivity contribution in [3.63, 3.8) is 0 Å². The quantitative estimate of drug-likeness (QED) is 0.271. The van der Waals surface area contributed by atoms with Crippen LogP contribution in [-0.4, -0.2) is 67.0 Å². The van der Waals surface area contributed by atoms with E-state index in [2.05, 4.69) is 100 Å². The van der Waals surface area contributed by atoms with E-state index in [0.29, 0.717) is 17.4 Å². The van der Waals surface area contributed by atoms with Crippen molar-refractivity contribution >= 4 is 34.2 Å². The van der Waals surface area contributed by atoms with E-state index in [1.54, 1.807) is 7.05 Å². The Morgan fingerprint density at radius 1 is 0.925 bits per heavy atom. The third kappa shape index (κ3) is 7.66. The highest BCUT2D eigenvalue weighted by atomic mass is 16.2. The first kappa shape index (κ1) is 31.2. The lowest BCUT2D eigenvalue weighted by Crippen LogP contribution is -2.46. The summed E-state index contributed by atoms with van der Waals surface area (Å²) in [5, 5.41) is 7.36. The van der Waals surface area contributed by atoms with E-state index in [1.807, 2.05) is 29.2 Å². The zero-order valence-electron chi connectivity index (χ0n) is 26.0. The molecule has 0 saturated heterocycles. The number of carbonyl (C=O) groups is 2. The minimum atomic E-state index is -0.653. The predicted octanol–water partition coefficient (Wildman–Crippen LogP) is 6.11. The van der Waals surface area contributed by atoms with Crippen LogP contribution in [0.2, 0.25) is 0 Å². The van der Waals surface area contributed by atoms with Crippen LogP contribution in [0.4, 0.5) is 11.5 Å². The minimum absolute atomic E-state index is 0.102. The maximum Gasteiger partial charge on any atom is 0.251 e. The predicted molar refractivity (Wildman–Crippen MR) is 168 cm³/mol. The molecule has 1 heterocycles. The SMILES string of the molecule is CNC(=O)c1ccc(Nc2cc3ccc(C(C)(C)C(=O)N(CC(C)C)CC(C)C)cc3n2CCCN(C)C)cc1. The Bertz CT molecular complexity index is 1280. The molecule has 0 aliphatic rings. The van der Waals surface area contributed by atoms with E-state index < -0.39 is 5.41 Å². The molecule has 0 saturated carbocycles. The van der Waals surface area contributed by atoms with Crippen molar-refractivity contribution in [1.29, 1.82) is 0 Å². The van der Waals surface area contributed by atoms with Gasteiger partial charge in [0.05, 0.1) is 5.41 Å². The van der Waals surface area contributed by atoms with Crippen molar-refractivity contribution in [3.8, 4) is 0 Å². The summed E-state index contributed by atoms with van der Waals surface area (Å²) in [6.07, 6.45) is 0.990. The highest BCUT2D eigenvalue weighted by molar-refractivity contribution is 5.94. The van der Waals surface area contributed by atoms with E-state index in [1.165, 1.54) is 0 Å². The Morgan fingerprint density at radius 2 is 1.55 bits per heavy atom. The van der Waals surface area contributed by atoms with Crippen LogP contribution in [0.25, 0.3) is 10.9 Å². The summed E-state index contributed by atoms with van der Waals surface area (Å²) >= 11 is 0. The van der Waals surface area contributed by atoms with Gasteiger partial charge in [0.1, 0.15) is 5.82 Å². The Labute approximate surface area is 240 Å². The fourth-order valence-electron chi connectivity index (χ4n) is 5.17. The van der Waals surface area contributed by atoms with Gasteiger partial charge in [-0.15, -0.1) is 0 Å². The molecule has 0 fully saturated rings. The first-order valence-corrected chi connectivity index (χ1v) is 14.5. The molecule has 0 atom stereocenters. The first-order chi connectivity index (χ1) is 18.8. The molecule has 1 aromatic heterocycles. The summed E-state index contributed by atoms with van der Waals surface area (Å²) in [4.78, 5) is 30.1. The van der Waals surface area contributed by atoms with Crippen LogP contribution in [0.3, 0.4) is 0 Å². The van der Waals surface area contributed by atoms with Gasteiger partial charge < -0.3 is 25.0 Å². The topological polar surface area (TPSA) is 69.6 Å². The Hall–Kier alpha value is -3.32. The monoisotopic (exact) mass is 547 g/mol. The molecule has 7 heteroatoms. The summed E-state index contributed by atoms with van der Waals surface area (Å²) in [7, 11) is 5.82. The number of nitrogens with zero attached hydrogens (tertiary/aromatic N) is 3. The van der Waals surface area contributed by atoms with Gasteiger partial charge >= 0.3 is 0 Å². The number of aromatic nitrogens is 1. The number of rotatable bonds is 13. The number of benzene rings is 2. The second-order valence-corrected chi connectivity index (χ2v) is 12.5. The van der Waals surface area contributed by atoms with Crippen molar-refractivity contribution in [2.45, 2.75) is 59.9 Å². The van der Waals surface area contributed by atoms with Crippen LogP contribution in [-0.2, 0) is 16.8 Å². The van der Waals surface area contributed by atoms with Crippen LogP contribution in [0.5, 0.6) is 0 Å². The lowest BCUT2D eigenvalue weighted by atomic mass is 9.82. The number of aryl methyl sites for hydroxylation is 1. The summed E-state index contributed by atoms with van der Waals surface area (Å²) < 4.78 is 2.32. The van der Waals surface area contributed by atoms with E-state index >= 15 is 0 Å². The second kappa shape index (κ2) is 13.4. The van der Waals surface area contributed by atoms with Crippen LogP contribution < -0.4 is 10.6 Å². The summed E-state index contributed by atoms with van der Waals surface area (Å²) in [6, 6.07) is 16.1. The average molecular weight is 548 g/mol. The lowest BCUT2D eigenvalue weighted by Gasteiger charge is -2.34. The number of hydrogen-bond donors (Lipinski definition) is 2. The van der Waals surface area contributed by atoms with Gasteiger partial charge in [0.25, 0.3) is 5.91 Å². The van der Waals surface area contributed by atoms with Gasteiger partial charge in [-0.05, 0) is 94.7 Å². The smallest absolute Gasteiger partial charge is 0.251 e. The van der Waals surface area contributed by atoms with Crippen LogP contribution >= 0.6 is 0 Å². The molecular weight excluding hydrogens is 498 g/mol. The highest BCUT2D eigenvalue weighted by Crippen LogP contribution is 2.33. The number of hydrogen-bond acceptors (Lipinski definition) is 4. The second-order valence-electron chi connectivity index (χ2n) is 12.5. The zero-order chi connectivity index (χ0) is 29.6. The molecule has 218 valence electrons. The fourth-order valence-corrected chi connectivity index (χ4v) is 5.17. The van der Waals surface area contributed by atoms with Gasteiger partial charge in [-0.1, -0.05) is 39.8 Å². The Kier molecular flexibility index (Phi) is 10.4. The molecule has 0 unspecified atom stereocenters. The van der Waals surface area contributed by atoms with Gasteiger partial charge in [-0.2, -0.15) is 0 Å². The third-order valence-corrected chi connectivity index (χ3v) is 7.25. The van der Waals surface area contributed by atoms with Crippen molar-refractivity contribution in [3.05, 3.63) is 59.7 Å². The van der Waals surface area contributed by atoms with Gasteiger partial charge in [0.2, 0.25) is 5.91 Å². The normalized spacial score (nSPS) is 12.0. The maximum absolute atomic E-state index is 13.9. The van der Waals surface area contributed by atoms with Crippen LogP contribution in [0.1, 0.15) is 63.9 Å². The molecule has 0 spiro atoms. The van der Waals surface area contributed by atoms with Crippen molar-refractivity contribution in [2.75, 3.05) is 46.1 Å². The molecule has 2 N–H and O–H groups in total. The molecule has 0 bridgehead atoms. The van der Waals surface area contributed by atoms with Gasteiger partial charge in [0.15, 0.2) is 0 Å². The molecule has 2 aromatic carbocycles. The molecule has 0 aliphatic carbocycles. The van der Waals surface area contributed by atoms with E-state index in [-0.39, 0.29) is 11.8 Å². The molecule has 3 aromatic rings. The van der Waals surface area contributed by atoms with Crippen LogP contribution in [0.15, 0.2) is 48.5 Å².